The van der Waals surface area contributed by atoms with Gasteiger partial charge in [0.15, 0.2) is 0 Å². The number of aromatic amines is 1. The van der Waals surface area contributed by atoms with E-state index in [9.17, 15) is 14.7 Å². The summed E-state index contributed by atoms with van der Waals surface area (Å²) in [5.74, 6) is 1.09. The third-order valence-electron chi connectivity index (χ3n) is 7.71. The number of nitrogens with zero attached hydrogens (tertiary/aromatic N) is 1. The molecule has 2 aromatic heterocycles. The lowest BCUT2D eigenvalue weighted by atomic mass is 9.88. The van der Waals surface area contributed by atoms with E-state index >= 15 is 0 Å². The van der Waals surface area contributed by atoms with Gasteiger partial charge in [-0.2, -0.15) is 0 Å². The summed E-state index contributed by atoms with van der Waals surface area (Å²) in [5.41, 5.74) is 2.15. The second-order valence-corrected chi connectivity index (χ2v) is 10.4. The van der Waals surface area contributed by atoms with Gasteiger partial charge in [0.1, 0.15) is 22.7 Å². The molecular weight excluding hydrogens is 492 g/mol. The standard InChI is InChI=1S/C28H32N4O4.ClH/c33-23-7-2-8-24(36-15-16-9-10-16)25(23)22-13-19(17-4-3-11-29-14-17)20-12-21(28(35)32-26(20)31-22)27(34)30-18-5-1-6-18;/h2,7-8,12-13,16-18,29,33H,1,3-6,9-11,14-15H2,(H,30,34)(H,31,32,35);1H. The molecule has 9 heteroatoms. The van der Waals surface area contributed by atoms with Gasteiger partial charge in [0, 0.05) is 18.0 Å². The van der Waals surface area contributed by atoms with Crippen molar-refractivity contribution in [2.45, 2.75) is 56.9 Å². The third kappa shape index (κ3) is 5.31. The van der Waals surface area contributed by atoms with E-state index < -0.39 is 5.56 Å². The third-order valence-corrected chi connectivity index (χ3v) is 7.71. The Morgan fingerprint density at radius 3 is 2.68 bits per heavy atom. The van der Waals surface area contributed by atoms with Crippen LogP contribution in [-0.4, -0.2) is 46.7 Å². The Hall–Kier alpha value is -3.10. The first-order chi connectivity index (χ1) is 17.6. The van der Waals surface area contributed by atoms with Gasteiger partial charge in [0.25, 0.3) is 11.5 Å². The van der Waals surface area contributed by atoms with Gasteiger partial charge in [-0.15, -0.1) is 12.4 Å². The maximum absolute atomic E-state index is 13.0. The van der Waals surface area contributed by atoms with Crippen molar-refractivity contribution in [2.24, 2.45) is 5.92 Å². The molecule has 196 valence electrons. The van der Waals surface area contributed by atoms with E-state index in [2.05, 4.69) is 15.6 Å². The highest BCUT2D eigenvalue weighted by Gasteiger charge is 2.27. The fourth-order valence-corrected chi connectivity index (χ4v) is 5.16. The summed E-state index contributed by atoms with van der Waals surface area (Å²) in [6.45, 7) is 2.38. The van der Waals surface area contributed by atoms with Gasteiger partial charge >= 0.3 is 0 Å². The molecule has 37 heavy (non-hydrogen) atoms. The SMILES string of the molecule is Cl.O=C(NC1CCC1)c1cc2c(C3CCCNC3)cc(-c3c(O)cccc3OCC3CC3)nc2[nH]c1=O. The number of benzene rings is 1. The number of H-pyrrole nitrogens is 1. The Bertz CT molecular complexity index is 1360. The van der Waals surface area contributed by atoms with Gasteiger partial charge in [0.2, 0.25) is 0 Å². The highest BCUT2D eigenvalue weighted by Crippen LogP contribution is 2.41. The minimum atomic E-state index is -0.459. The molecule has 0 bridgehead atoms. The quantitative estimate of drug-likeness (QED) is 0.367. The molecule has 1 aromatic carbocycles. The minimum absolute atomic E-state index is 0. The monoisotopic (exact) mass is 524 g/mol. The average molecular weight is 525 g/mol. The number of carbonyl (C=O) groups is 1. The maximum Gasteiger partial charge on any atom is 0.262 e. The smallest absolute Gasteiger partial charge is 0.262 e. The fourth-order valence-electron chi connectivity index (χ4n) is 5.16. The molecule has 0 spiro atoms. The zero-order valence-electron chi connectivity index (χ0n) is 20.7. The average Bonchev–Trinajstić information content (AvgIpc) is 3.69. The number of carbonyl (C=O) groups excluding carboxylic acids is 1. The highest BCUT2D eigenvalue weighted by atomic mass is 35.5. The summed E-state index contributed by atoms with van der Waals surface area (Å²) < 4.78 is 6.08. The predicted molar refractivity (Wildman–Crippen MR) is 145 cm³/mol. The number of phenolic OH excluding ortho intramolecular Hbond substituents is 1. The first kappa shape index (κ1) is 25.5. The summed E-state index contributed by atoms with van der Waals surface area (Å²) >= 11 is 0. The Morgan fingerprint density at radius 1 is 1.14 bits per heavy atom. The van der Waals surface area contributed by atoms with Crippen LogP contribution in [0.15, 0.2) is 35.1 Å². The number of phenols is 1. The van der Waals surface area contributed by atoms with E-state index in [1.54, 1.807) is 18.2 Å². The van der Waals surface area contributed by atoms with Crippen LogP contribution in [-0.2, 0) is 0 Å². The molecule has 3 fully saturated rings. The molecule has 3 heterocycles. The number of nitrogens with one attached hydrogen (secondary N) is 3. The minimum Gasteiger partial charge on any atom is -0.507 e. The first-order valence-electron chi connectivity index (χ1n) is 13.1. The lowest BCUT2D eigenvalue weighted by Gasteiger charge is -2.26. The van der Waals surface area contributed by atoms with Gasteiger partial charge < -0.3 is 25.5 Å². The van der Waals surface area contributed by atoms with E-state index in [0.717, 1.165) is 56.1 Å². The Kier molecular flexibility index (Phi) is 7.40. The molecule has 3 aliphatic rings. The molecule has 8 nitrogen and oxygen atoms in total. The van der Waals surface area contributed by atoms with Crippen molar-refractivity contribution >= 4 is 29.3 Å². The topological polar surface area (TPSA) is 116 Å². The van der Waals surface area contributed by atoms with Crippen LogP contribution < -0.4 is 20.9 Å². The number of pyridine rings is 2. The second-order valence-electron chi connectivity index (χ2n) is 10.4. The molecule has 2 saturated carbocycles. The van der Waals surface area contributed by atoms with Crippen LogP contribution in [0.25, 0.3) is 22.3 Å². The Balaban J connectivity index is 0.00000280. The van der Waals surface area contributed by atoms with Crippen LogP contribution in [0, 0.1) is 5.92 Å². The van der Waals surface area contributed by atoms with Crippen molar-refractivity contribution in [2.75, 3.05) is 19.7 Å². The summed E-state index contributed by atoms with van der Waals surface area (Å²) in [6, 6.07) is 9.07. The molecular formula is C28H33ClN4O4. The molecule has 1 saturated heterocycles. The summed E-state index contributed by atoms with van der Waals surface area (Å²) in [6.07, 6.45) is 7.36. The van der Waals surface area contributed by atoms with Gasteiger partial charge in [-0.1, -0.05) is 6.07 Å². The molecule has 1 atom stereocenters. The number of aromatic nitrogens is 2. The number of rotatable bonds is 7. The number of hydrogen-bond acceptors (Lipinski definition) is 6. The maximum atomic E-state index is 13.0. The summed E-state index contributed by atoms with van der Waals surface area (Å²) in [5, 5.41) is 18.0. The number of aromatic hydroxyl groups is 1. The molecule has 6 rings (SSSR count). The zero-order chi connectivity index (χ0) is 24.6. The van der Waals surface area contributed by atoms with E-state index in [0.29, 0.717) is 35.2 Å². The number of piperidine rings is 1. The van der Waals surface area contributed by atoms with Crippen LogP contribution in [0.1, 0.15) is 66.8 Å². The van der Waals surface area contributed by atoms with Crippen molar-refractivity contribution in [1.29, 1.82) is 0 Å². The van der Waals surface area contributed by atoms with Crippen LogP contribution in [0.4, 0.5) is 0 Å². The molecule has 0 radical (unpaired) electrons. The summed E-state index contributed by atoms with van der Waals surface area (Å²) in [4.78, 5) is 33.5. The van der Waals surface area contributed by atoms with Crippen LogP contribution >= 0.6 is 12.4 Å². The van der Waals surface area contributed by atoms with Crippen LogP contribution in [0.3, 0.4) is 0 Å². The highest BCUT2D eigenvalue weighted by molar-refractivity contribution is 5.98. The van der Waals surface area contributed by atoms with Crippen molar-refractivity contribution in [3.05, 3.63) is 51.8 Å². The molecule has 3 aromatic rings. The molecule has 4 N–H and O–H groups in total. The number of halogens is 1. The zero-order valence-corrected chi connectivity index (χ0v) is 21.5. The molecule has 1 amide bonds. The normalized spacial score (nSPS) is 19.6. The Morgan fingerprint density at radius 2 is 1.97 bits per heavy atom. The Labute approximate surface area is 221 Å². The second kappa shape index (κ2) is 10.7. The van der Waals surface area contributed by atoms with Gasteiger partial charge in [-0.25, -0.2) is 4.98 Å². The number of amides is 1. The number of ether oxygens (including phenoxy) is 1. The molecule has 2 aliphatic carbocycles. The van der Waals surface area contributed by atoms with Crippen molar-refractivity contribution in [1.82, 2.24) is 20.6 Å². The van der Waals surface area contributed by atoms with E-state index in [1.807, 2.05) is 12.1 Å². The van der Waals surface area contributed by atoms with Crippen molar-refractivity contribution in [3.8, 4) is 22.8 Å². The van der Waals surface area contributed by atoms with Crippen molar-refractivity contribution in [3.63, 3.8) is 0 Å². The van der Waals surface area contributed by atoms with Gasteiger partial charge in [0.05, 0.1) is 17.9 Å². The van der Waals surface area contributed by atoms with Crippen molar-refractivity contribution < 1.29 is 14.6 Å². The number of fused-ring (bicyclic) bond motifs is 1. The van der Waals surface area contributed by atoms with Gasteiger partial charge in [-0.3, -0.25) is 9.59 Å². The van der Waals surface area contributed by atoms with E-state index in [-0.39, 0.29) is 41.6 Å². The van der Waals surface area contributed by atoms with Gasteiger partial charge in [-0.05, 0) is 93.2 Å². The molecule has 1 unspecified atom stereocenters. The first-order valence-corrected chi connectivity index (χ1v) is 13.1. The lowest BCUT2D eigenvalue weighted by molar-refractivity contribution is 0.0915. The largest absolute Gasteiger partial charge is 0.507 e. The summed E-state index contributed by atoms with van der Waals surface area (Å²) in [7, 11) is 0. The van der Waals surface area contributed by atoms with Crippen LogP contribution in [0.2, 0.25) is 0 Å². The lowest BCUT2D eigenvalue weighted by Crippen LogP contribution is -2.41. The fraction of sp³-hybridized carbons (Fsp3) is 0.464. The molecule has 1 aliphatic heterocycles. The van der Waals surface area contributed by atoms with Crippen LogP contribution in [0.5, 0.6) is 11.5 Å². The predicted octanol–water partition coefficient (Wildman–Crippen LogP) is 4.26. The van der Waals surface area contributed by atoms with E-state index in [4.69, 9.17) is 9.72 Å². The number of hydrogen-bond donors (Lipinski definition) is 4. The van der Waals surface area contributed by atoms with E-state index in [1.165, 1.54) is 12.8 Å².